The van der Waals surface area contributed by atoms with Crippen LogP contribution in [0.1, 0.15) is 30.1 Å². The summed E-state index contributed by atoms with van der Waals surface area (Å²) in [7, 11) is 0. The number of nitrogens with two attached hydrogens (primary N) is 1. The molecule has 1 aromatic rings. The summed E-state index contributed by atoms with van der Waals surface area (Å²) in [5.74, 6) is -0.195. The zero-order valence-electron chi connectivity index (χ0n) is 10.9. The number of hydrogen-bond donors (Lipinski definition) is 3. The van der Waals surface area contributed by atoms with E-state index in [2.05, 4.69) is 17.2 Å². The smallest absolute Gasteiger partial charge is 0.337 e. The normalized spacial score (nSPS) is 22.4. The first-order chi connectivity index (χ1) is 9.13. The Morgan fingerprint density at radius 2 is 2.47 bits per heavy atom. The van der Waals surface area contributed by atoms with Gasteiger partial charge in [0.05, 0.1) is 17.4 Å². The van der Waals surface area contributed by atoms with Gasteiger partial charge < -0.3 is 20.9 Å². The summed E-state index contributed by atoms with van der Waals surface area (Å²) in [6.07, 6.45) is 3.69. The van der Waals surface area contributed by atoms with Crippen molar-refractivity contribution in [1.29, 1.82) is 0 Å². The van der Waals surface area contributed by atoms with E-state index in [0.29, 0.717) is 18.3 Å². The average Bonchev–Trinajstić information content (AvgIpc) is 2.84. The van der Waals surface area contributed by atoms with Crippen LogP contribution in [0.3, 0.4) is 0 Å². The summed E-state index contributed by atoms with van der Waals surface area (Å²) in [5.41, 5.74) is 6.06. The first kappa shape index (κ1) is 13.6. The minimum atomic E-state index is -1.04. The van der Waals surface area contributed by atoms with Crippen LogP contribution in [0, 0.1) is 5.92 Å². The number of pyridine rings is 1. The molecule has 104 valence electrons. The van der Waals surface area contributed by atoms with E-state index in [1.165, 1.54) is 12.3 Å². The van der Waals surface area contributed by atoms with Gasteiger partial charge in [0.1, 0.15) is 5.82 Å². The fourth-order valence-corrected chi connectivity index (χ4v) is 2.41. The van der Waals surface area contributed by atoms with Gasteiger partial charge in [0.2, 0.25) is 0 Å². The fraction of sp³-hybridized carbons (Fsp3) is 0.538. The Bertz CT molecular complexity index is 464. The standard InChI is InChI=1S/C13H19N3O3/c1-2-10-8(4-6-19-10)7-16-12-11(14)9(13(17)18)3-5-15-12/h3,5,8,10H,2,4,6-7,14H2,1H3,(H,15,16)(H,17,18). The van der Waals surface area contributed by atoms with Crippen molar-refractivity contribution in [1.82, 2.24) is 4.98 Å². The van der Waals surface area contributed by atoms with Crippen molar-refractivity contribution in [2.24, 2.45) is 5.92 Å². The highest BCUT2D eigenvalue weighted by Crippen LogP contribution is 2.25. The molecule has 0 bridgehead atoms. The summed E-state index contributed by atoms with van der Waals surface area (Å²) in [6, 6.07) is 1.40. The van der Waals surface area contributed by atoms with Crippen LogP contribution < -0.4 is 11.1 Å². The SMILES string of the molecule is CCC1OCCC1CNc1nccc(C(=O)O)c1N. The third-order valence-electron chi connectivity index (χ3n) is 3.50. The summed E-state index contributed by atoms with van der Waals surface area (Å²) in [5, 5.41) is 12.1. The van der Waals surface area contributed by atoms with Crippen molar-refractivity contribution in [2.45, 2.75) is 25.9 Å². The van der Waals surface area contributed by atoms with E-state index in [1.54, 1.807) is 0 Å². The number of nitrogens with zero attached hydrogens (tertiary/aromatic N) is 1. The van der Waals surface area contributed by atoms with Gasteiger partial charge in [0.25, 0.3) is 0 Å². The Morgan fingerprint density at radius 1 is 1.68 bits per heavy atom. The second-order valence-electron chi connectivity index (χ2n) is 4.67. The number of hydrogen-bond acceptors (Lipinski definition) is 5. The van der Waals surface area contributed by atoms with Crippen LogP contribution >= 0.6 is 0 Å². The zero-order chi connectivity index (χ0) is 13.8. The van der Waals surface area contributed by atoms with Crippen LogP contribution in [0.5, 0.6) is 0 Å². The molecule has 0 aromatic carbocycles. The molecular weight excluding hydrogens is 246 g/mol. The largest absolute Gasteiger partial charge is 0.478 e. The highest BCUT2D eigenvalue weighted by Gasteiger charge is 2.26. The Hall–Kier alpha value is -1.82. The van der Waals surface area contributed by atoms with Crippen LogP contribution in [0.15, 0.2) is 12.3 Å². The Labute approximate surface area is 112 Å². The molecule has 0 saturated carbocycles. The number of carboxylic acids is 1. The molecule has 1 fully saturated rings. The minimum absolute atomic E-state index is 0.0761. The predicted molar refractivity (Wildman–Crippen MR) is 72.2 cm³/mol. The summed E-state index contributed by atoms with van der Waals surface area (Å²) < 4.78 is 5.61. The lowest BCUT2D eigenvalue weighted by molar-refractivity contribution is 0.0698. The number of carboxylic acid groups (broad SMARTS) is 1. The average molecular weight is 265 g/mol. The highest BCUT2D eigenvalue weighted by atomic mass is 16.5. The number of carbonyl (C=O) groups is 1. The maximum atomic E-state index is 11.0. The molecular formula is C13H19N3O3. The topological polar surface area (TPSA) is 97.5 Å². The molecule has 0 spiro atoms. The van der Waals surface area contributed by atoms with Crippen molar-refractivity contribution in [3.63, 3.8) is 0 Å². The number of rotatable bonds is 5. The number of anilines is 2. The fourth-order valence-electron chi connectivity index (χ4n) is 2.41. The second kappa shape index (κ2) is 5.88. The molecule has 0 radical (unpaired) electrons. The van der Waals surface area contributed by atoms with Gasteiger partial charge in [-0.3, -0.25) is 0 Å². The molecule has 19 heavy (non-hydrogen) atoms. The quantitative estimate of drug-likeness (QED) is 0.748. The third-order valence-corrected chi connectivity index (χ3v) is 3.50. The molecule has 2 atom stereocenters. The van der Waals surface area contributed by atoms with Crippen LogP contribution in [-0.2, 0) is 4.74 Å². The van der Waals surface area contributed by atoms with E-state index >= 15 is 0 Å². The van der Waals surface area contributed by atoms with Crippen molar-refractivity contribution >= 4 is 17.5 Å². The summed E-state index contributed by atoms with van der Waals surface area (Å²) >= 11 is 0. The zero-order valence-corrected chi connectivity index (χ0v) is 10.9. The molecule has 0 amide bonds. The highest BCUT2D eigenvalue weighted by molar-refractivity contribution is 5.96. The first-order valence-electron chi connectivity index (χ1n) is 6.46. The van der Waals surface area contributed by atoms with Crippen LogP contribution in [-0.4, -0.2) is 35.3 Å². The molecule has 2 unspecified atom stereocenters. The van der Waals surface area contributed by atoms with E-state index in [4.69, 9.17) is 15.6 Å². The molecule has 2 rings (SSSR count). The van der Waals surface area contributed by atoms with E-state index in [9.17, 15) is 4.79 Å². The van der Waals surface area contributed by atoms with Crippen LogP contribution in [0.25, 0.3) is 0 Å². The van der Waals surface area contributed by atoms with Gasteiger partial charge in [-0.1, -0.05) is 6.92 Å². The van der Waals surface area contributed by atoms with Gasteiger partial charge >= 0.3 is 5.97 Å². The minimum Gasteiger partial charge on any atom is -0.478 e. The van der Waals surface area contributed by atoms with E-state index in [0.717, 1.165) is 19.4 Å². The lowest BCUT2D eigenvalue weighted by atomic mass is 10.00. The van der Waals surface area contributed by atoms with Gasteiger partial charge in [0.15, 0.2) is 0 Å². The van der Waals surface area contributed by atoms with Gasteiger partial charge in [0, 0.05) is 25.3 Å². The molecule has 1 aliphatic heterocycles. The van der Waals surface area contributed by atoms with Crippen molar-refractivity contribution in [3.8, 4) is 0 Å². The van der Waals surface area contributed by atoms with Crippen LogP contribution in [0.4, 0.5) is 11.5 Å². The molecule has 6 heteroatoms. The maximum Gasteiger partial charge on any atom is 0.337 e. The number of nitrogen functional groups attached to an aromatic ring is 1. The lowest BCUT2D eigenvalue weighted by Crippen LogP contribution is -2.23. The van der Waals surface area contributed by atoms with Crippen molar-refractivity contribution in [2.75, 3.05) is 24.2 Å². The van der Waals surface area contributed by atoms with Gasteiger partial charge in [-0.05, 0) is 18.9 Å². The Balaban J connectivity index is 2.03. The van der Waals surface area contributed by atoms with E-state index in [1.807, 2.05) is 0 Å². The van der Waals surface area contributed by atoms with E-state index < -0.39 is 5.97 Å². The lowest BCUT2D eigenvalue weighted by Gasteiger charge is -2.18. The third kappa shape index (κ3) is 2.96. The van der Waals surface area contributed by atoms with Crippen molar-refractivity contribution in [3.05, 3.63) is 17.8 Å². The first-order valence-corrected chi connectivity index (χ1v) is 6.46. The molecule has 6 nitrogen and oxygen atoms in total. The van der Waals surface area contributed by atoms with E-state index in [-0.39, 0.29) is 17.4 Å². The molecule has 1 aromatic heterocycles. The van der Waals surface area contributed by atoms with Gasteiger partial charge in [-0.25, -0.2) is 9.78 Å². The second-order valence-corrected chi connectivity index (χ2v) is 4.67. The number of aromatic nitrogens is 1. The van der Waals surface area contributed by atoms with Gasteiger partial charge in [-0.15, -0.1) is 0 Å². The molecule has 4 N–H and O–H groups in total. The number of ether oxygens (including phenoxy) is 1. The molecule has 1 aliphatic rings. The van der Waals surface area contributed by atoms with Crippen molar-refractivity contribution < 1.29 is 14.6 Å². The molecule has 0 aliphatic carbocycles. The Morgan fingerprint density at radius 3 is 3.16 bits per heavy atom. The van der Waals surface area contributed by atoms with Gasteiger partial charge in [-0.2, -0.15) is 0 Å². The maximum absolute atomic E-state index is 11.0. The molecule has 2 heterocycles. The molecule has 1 saturated heterocycles. The number of nitrogens with one attached hydrogen (secondary N) is 1. The summed E-state index contributed by atoms with van der Waals surface area (Å²) in [4.78, 5) is 15.1. The predicted octanol–water partition coefficient (Wildman–Crippen LogP) is 1.59. The van der Waals surface area contributed by atoms with Crippen LogP contribution in [0.2, 0.25) is 0 Å². The summed E-state index contributed by atoms with van der Waals surface area (Å²) in [6.45, 7) is 3.57. The number of aromatic carboxylic acids is 1. The Kier molecular flexibility index (Phi) is 4.21. The monoisotopic (exact) mass is 265 g/mol.